The molecule has 0 spiro atoms. The first-order chi connectivity index (χ1) is 4.79. The summed E-state index contributed by atoms with van der Waals surface area (Å²) in [5.41, 5.74) is 0. The summed E-state index contributed by atoms with van der Waals surface area (Å²) in [5, 5.41) is 2.82. The summed E-state index contributed by atoms with van der Waals surface area (Å²) < 4.78 is 0. The standard InChI is InChI=1S/C8H15NO/c1-3-7-4-8(6(7)2)9-5-10/h5-8H,3-4H2,1-2H3,(H,9,10). The summed E-state index contributed by atoms with van der Waals surface area (Å²) in [4.78, 5) is 10.0. The first kappa shape index (κ1) is 7.58. The van der Waals surface area contributed by atoms with Crippen LogP contribution in [0.4, 0.5) is 0 Å². The highest BCUT2D eigenvalue weighted by Gasteiger charge is 2.35. The van der Waals surface area contributed by atoms with Gasteiger partial charge in [0, 0.05) is 6.04 Å². The van der Waals surface area contributed by atoms with Crippen LogP contribution >= 0.6 is 0 Å². The second-order valence-electron chi connectivity index (χ2n) is 3.15. The summed E-state index contributed by atoms with van der Waals surface area (Å²) in [6.45, 7) is 4.41. The molecule has 3 unspecified atom stereocenters. The van der Waals surface area contributed by atoms with Crippen molar-refractivity contribution in [2.45, 2.75) is 32.7 Å². The quantitative estimate of drug-likeness (QED) is 0.587. The first-order valence-corrected chi connectivity index (χ1v) is 3.99. The predicted octanol–water partition coefficient (Wildman–Crippen LogP) is 1.17. The van der Waals surface area contributed by atoms with E-state index >= 15 is 0 Å². The zero-order valence-corrected chi connectivity index (χ0v) is 6.63. The zero-order valence-electron chi connectivity index (χ0n) is 6.63. The lowest BCUT2D eigenvalue weighted by Crippen LogP contribution is -2.48. The first-order valence-electron chi connectivity index (χ1n) is 3.99. The van der Waals surface area contributed by atoms with Gasteiger partial charge in [-0.1, -0.05) is 20.3 Å². The lowest BCUT2D eigenvalue weighted by Gasteiger charge is -2.42. The molecule has 2 nitrogen and oxygen atoms in total. The second-order valence-corrected chi connectivity index (χ2v) is 3.15. The van der Waals surface area contributed by atoms with E-state index < -0.39 is 0 Å². The van der Waals surface area contributed by atoms with Gasteiger partial charge in [0.2, 0.25) is 6.41 Å². The predicted molar refractivity (Wildman–Crippen MR) is 40.5 cm³/mol. The number of nitrogens with one attached hydrogen (secondary N) is 1. The Morgan fingerprint density at radius 3 is 2.80 bits per heavy atom. The van der Waals surface area contributed by atoms with Crippen LogP contribution in [-0.4, -0.2) is 12.5 Å². The third kappa shape index (κ3) is 1.15. The number of carbonyl (C=O) groups excluding carboxylic acids is 1. The van der Waals surface area contributed by atoms with E-state index in [1.54, 1.807) is 0 Å². The van der Waals surface area contributed by atoms with Crippen molar-refractivity contribution >= 4 is 6.41 Å². The minimum absolute atomic E-state index is 0.461. The molecular formula is C8H15NO. The van der Waals surface area contributed by atoms with Crippen LogP contribution < -0.4 is 5.32 Å². The van der Waals surface area contributed by atoms with E-state index in [2.05, 4.69) is 19.2 Å². The lowest BCUT2D eigenvalue weighted by atomic mass is 9.69. The van der Waals surface area contributed by atoms with Gasteiger partial charge >= 0.3 is 0 Å². The van der Waals surface area contributed by atoms with Crippen molar-refractivity contribution in [3.05, 3.63) is 0 Å². The molecule has 0 saturated heterocycles. The largest absolute Gasteiger partial charge is 0.356 e. The Kier molecular flexibility index (Phi) is 2.30. The van der Waals surface area contributed by atoms with Gasteiger partial charge in [-0.2, -0.15) is 0 Å². The Morgan fingerprint density at radius 2 is 2.40 bits per heavy atom. The highest BCUT2D eigenvalue weighted by Crippen LogP contribution is 2.35. The summed E-state index contributed by atoms with van der Waals surface area (Å²) in [5.74, 6) is 1.53. The molecule has 0 heterocycles. The van der Waals surface area contributed by atoms with Crippen molar-refractivity contribution in [2.75, 3.05) is 0 Å². The molecule has 0 radical (unpaired) electrons. The van der Waals surface area contributed by atoms with E-state index in [4.69, 9.17) is 0 Å². The fraction of sp³-hybridized carbons (Fsp3) is 0.875. The molecule has 1 rings (SSSR count). The van der Waals surface area contributed by atoms with Crippen molar-refractivity contribution in [3.8, 4) is 0 Å². The topological polar surface area (TPSA) is 29.1 Å². The van der Waals surface area contributed by atoms with Gasteiger partial charge in [0.25, 0.3) is 0 Å². The van der Waals surface area contributed by atoms with Crippen LogP contribution in [0.5, 0.6) is 0 Å². The number of amides is 1. The number of hydrogen-bond donors (Lipinski definition) is 1. The molecule has 1 amide bonds. The third-order valence-electron chi connectivity index (χ3n) is 2.74. The molecule has 0 bridgehead atoms. The van der Waals surface area contributed by atoms with Crippen LogP contribution in [0, 0.1) is 11.8 Å². The van der Waals surface area contributed by atoms with E-state index in [0.717, 1.165) is 12.3 Å². The van der Waals surface area contributed by atoms with Gasteiger partial charge in [-0.25, -0.2) is 0 Å². The van der Waals surface area contributed by atoms with Crippen LogP contribution in [-0.2, 0) is 4.79 Å². The molecular weight excluding hydrogens is 126 g/mol. The Balaban J connectivity index is 2.24. The van der Waals surface area contributed by atoms with Crippen LogP contribution in [0.1, 0.15) is 26.7 Å². The summed E-state index contributed by atoms with van der Waals surface area (Å²) in [6, 6.07) is 0.461. The molecule has 1 N–H and O–H groups in total. The molecule has 1 aliphatic rings. The molecule has 1 aliphatic carbocycles. The lowest BCUT2D eigenvalue weighted by molar-refractivity contribution is -0.111. The highest BCUT2D eigenvalue weighted by atomic mass is 16.1. The smallest absolute Gasteiger partial charge is 0.207 e. The van der Waals surface area contributed by atoms with E-state index in [1.807, 2.05) is 0 Å². The van der Waals surface area contributed by atoms with E-state index in [-0.39, 0.29) is 0 Å². The molecule has 10 heavy (non-hydrogen) atoms. The monoisotopic (exact) mass is 141 g/mol. The van der Waals surface area contributed by atoms with E-state index in [1.165, 1.54) is 12.8 Å². The average Bonchev–Trinajstić information content (AvgIpc) is 1.96. The number of carbonyl (C=O) groups is 1. The van der Waals surface area contributed by atoms with E-state index in [0.29, 0.717) is 12.0 Å². The molecule has 0 aromatic carbocycles. The van der Waals surface area contributed by atoms with Crippen LogP contribution in [0.15, 0.2) is 0 Å². The maximum atomic E-state index is 10.0. The van der Waals surface area contributed by atoms with Gasteiger partial charge in [0.05, 0.1) is 0 Å². The third-order valence-corrected chi connectivity index (χ3v) is 2.74. The minimum atomic E-state index is 0.461. The summed E-state index contributed by atoms with van der Waals surface area (Å²) >= 11 is 0. The van der Waals surface area contributed by atoms with Gasteiger partial charge in [-0.05, 0) is 18.3 Å². The number of rotatable bonds is 3. The Hall–Kier alpha value is -0.530. The Morgan fingerprint density at radius 1 is 1.70 bits per heavy atom. The molecule has 2 heteroatoms. The Bertz CT molecular complexity index is 124. The molecule has 1 saturated carbocycles. The van der Waals surface area contributed by atoms with Crippen molar-refractivity contribution < 1.29 is 4.79 Å². The van der Waals surface area contributed by atoms with Crippen LogP contribution in [0.25, 0.3) is 0 Å². The normalized spacial score (nSPS) is 38.4. The number of hydrogen-bond acceptors (Lipinski definition) is 1. The van der Waals surface area contributed by atoms with Crippen LogP contribution in [0.3, 0.4) is 0 Å². The molecule has 58 valence electrons. The Labute approximate surface area is 62.0 Å². The fourth-order valence-corrected chi connectivity index (χ4v) is 1.73. The van der Waals surface area contributed by atoms with E-state index in [9.17, 15) is 4.79 Å². The molecule has 0 aliphatic heterocycles. The molecule has 3 atom stereocenters. The van der Waals surface area contributed by atoms with Crippen molar-refractivity contribution in [3.63, 3.8) is 0 Å². The summed E-state index contributed by atoms with van der Waals surface area (Å²) in [6.07, 6.45) is 3.24. The van der Waals surface area contributed by atoms with Gasteiger partial charge in [0.1, 0.15) is 0 Å². The highest BCUT2D eigenvalue weighted by molar-refractivity contribution is 5.47. The molecule has 0 aromatic heterocycles. The van der Waals surface area contributed by atoms with Gasteiger partial charge in [0.15, 0.2) is 0 Å². The fourth-order valence-electron chi connectivity index (χ4n) is 1.73. The molecule has 0 aromatic rings. The second kappa shape index (κ2) is 3.04. The summed E-state index contributed by atoms with van der Waals surface area (Å²) in [7, 11) is 0. The van der Waals surface area contributed by atoms with Gasteiger partial charge in [-0.3, -0.25) is 4.79 Å². The van der Waals surface area contributed by atoms with Crippen molar-refractivity contribution in [1.82, 2.24) is 5.32 Å². The molecule has 1 fully saturated rings. The minimum Gasteiger partial charge on any atom is -0.356 e. The van der Waals surface area contributed by atoms with Crippen molar-refractivity contribution in [2.24, 2.45) is 11.8 Å². The van der Waals surface area contributed by atoms with Gasteiger partial charge in [-0.15, -0.1) is 0 Å². The SMILES string of the molecule is CCC1CC(NC=O)C1C. The van der Waals surface area contributed by atoms with Crippen LogP contribution in [0.2, 0.25) is 0 Å². The maximum Gasteiger partial charge on any atom is 0.207 e. The van der Waals surface area contributed by atoms with Gasteiger partial charge < -0.3 is 5.32 Å². The van der Waals surface area contributed by atoms with Crippen molar-refractivity contribution in [1.29, 1.82) is 0 Å². The average molecular weight is 141 g/mol. The zero-order chi connectivity index (χ0) is 7.56. The maximum absolute atomic E-state index is 10.0.